The monoisotopic (exact) mass is 296 g/mol. The number of carboxylic acids is 1. The summed E-state index contributed by atoms with van der Waals surface area (Å²) in [5.74, 6) is -1.31. The maximum absolute atomic E-state index is 12.3. The number of hydrogen-bond acceptors (Lipinski definition) is 6. The highest BCUT2D eigenvalue weighted by Crippen LogP contribution is 2.21. The van der Waals surface area contributed by atoms with E-state index in [0.717, 1.165) is 6.07 Å². The van der Waals surface area contributed by atoms with Gasteiger partial charge in [0, 0.05) is 6.92 Å². The van der Waals surface area contributed by atoms with Gasteiger partial charge < -0.3 is 9.63 Å². The molecule has 0 spiro atoms. The SMILES string of the molecule is Cc1nc(CS(=O)(=O)c2cc(C(=O)O)ccc2C)no1. The van der Waals surface area contributed by atoms with Crippen LogP contribution in [0, 0.1) is 13.8 Å². The lowest BCUT2D eigenvalue weighted by molar-refractivity contribution is 0.0696. The van der Waals surface area contributed by atoms with E-state index < -0.39 is 21.6 Å². The van der Waals surface area contributed by atoms with Crippen molar-refractivity contribution in [1.29, 1.82) is 0 Å². The summed E-state index contributed by atoms with van der Waals surface area (Å²) in [6.45, 7) is 3.15. The summed E-state index contributed by atoms with van der Waals surface area (Å²) in [6, 6.07) is 3.95. The number of nitrogens with zero attached hydrogens (tertiary/aromatic N) is 2. The van der Waals surface area contributed by atoms with Gasteiger partial charge in [0.05, 0.1) is 10.5 Å². The van der Waals surface area contributed by atoms with E-state index in [9.17, 15) is 13.2 Å². The summed E-state index contributed by atoms with van der Waals surface area (Å²) < 4.78 is 29.3. The Hall–Kier alpha value is -2.22. The Balaban J connectivity index is 2.43. The van der Waals surface area contributed by atoms with Crippen molar-refractivity contribution in [3.8, 4) is 0 Å². The number of carboxylic acid groups (broad SMARTS) is 1. The van der Waals surface area contributed by atoms with Crippen LogP contribution in [0.25, 0.3) is 0 Å². The third-order valence-electron chi connectivity index (χ3n) is 2.66. The molecule has 0 bridgehead atoms. The van der Waals surface area contributed by atoms with Gasteiger partial charge in [0.25, 0.3) is 0 Å². The van der Waals surface area contributed by atoms with Gasteiger partial charge in [0.2, 0.25) is 5.89 Å². The summed E-state index contributed by atoms with van der Waals surface area (Å²) in [7, 11) is -3.74. The van der Waals surface area contributed by atoms with Crippen LogP contribution in [0.2, 0.25) is 0 Å². The van der Waals surface area contributed by atoms with Gasteiger partial charge in [0.15, 0.2) is 15.7 Å². The second-order valence-electron chi connectivity index (χ2n) is 4.27. The Morgan fingerprint density at radius 2 is 2.05 bits per heavy atom. The first kappa shape index (κ1) is 14.2. The third kappa shape index (κ3) is 2.85. The summed E-state index contributed by atoms with van der Waals surface area (Å²) in [4.78, 5) is 14.7. The van der Waals surface area contributed by atoms with E-state index in [1.807, 2.05) is 0 Å². The molecule has 0 radical (unpaired) electrons. The number of aromatic carboxylic acids is 1. The number of aryl methyl sites for hydroxylation is 2. The van der Waals surface area contributed by atoms with E-state index in [1.54, 1.807) is 13.8 Å². The fraction of sp³-hybridized carbons (Fsp3) is 0.250. The lowest BCUT2D eigenvalue weighted by Crippen LogP contribution is -2.09. The van der Waals surface area contributed by atoms with Crippen molar-refractivity contribution in [2.24, 2.45) is 0 Å². The molecule has 0 saturated carbocycles. The zero-order valence-corrected chi connectivity index (χ0v) is 11.6. The van der Waals surface area contributed by atoms with Gasteiger partial charge in [-0.05, 0) is 24.6 Å². The standard InChI is InChI=1S/C12H12N2O5S/c1-7-3-4-9(12(15)16)5-10(7)20(17,18)6-11-13-8(2)19-14-11/h3-5H,6H2,1-2H3,(H,15,16). The molecule has 0 saturated heterocycles. The minimum absolute atomic E-state index is 0.0418. The molecule has 8 heteroatoms. The first-order chi connectivity index (χ1) is 9.29. The lowest BCUT2D eigenvalue weighted by atomic mass is 10.1. The minimum Gasteiger partial charge on any atom is -0.478 e. The molecular weight excluding hydrogens is 284 g/mol. The molecule has 106 valence electrons. The largest absolute Gasteiger partial charge is 0.478 e. The molecule has 1 aromatic carbocycles. The number of sulfone groups is 1. The van der Waals surface area contributed by atoms with Crippen molar-refractivity contribution in [3.63, 3.8) is 0 Å². The fourth-order valence-electron chi connectivity index (χ4n) is 1.72. The maximum atomic E-state index is 12.3. The highest BCUT2D eigenvalue weighted by Gasteiger charge is 2.22. The van der Waals surface area contributed by atoms with Crippen molar-refractivity contribution in [1.82, 2.24) is 10.1 Å². The first-order valence-electron chi connectivity index (χ1n) is 5.65. The normalized spacial score (nSPS) is 11.5. The van der Waals surface area contributed by atoms with Crippen molar-refractivity contribution in [3.05, 3.63) is 41.0 Å². The summed E-state index contributed by atoms with van der Waals surface area (Å²) in [5.41, 5.74) is 0.383. The molecule has 0 aliphatic heterocycles. The van der Waals surface area contributed by atoms with Crippen LogP contribution in [-0.4, -0.2) is 29.6 Å². The highest BCUT2D eigenvalue weighted by molar-refractivity contribution is 7.90. The molecule has 1 N–H and O–H groups in total. The molecule has 7 nitrogen and oxygen atoms in total. The van der Waals surface area contributed by atoms with Gasteiger partial charge in [-0.1, -0.05) is 11.2 Å². The van der Waals surface area contributed by atoms with Crippen molar-refractivity contribution in [2.75, 3.05) is 0 Å². The van der Waals surface area contributed by atoms with Crippen molar-refractivity contribution in [2.45, 2.75) is 24.5 Å². The fourth-order valence-corrected chi connectivity index (χ4v) is 3.19. The van der Waals surface area contributed by atoms with Crippen LogP contribution in [-0.2, 0) is 15.6 Å². The highest BCUT2D eigenvalue weighted by atomic mass is 32.2. The average molecular weight is 296 g/mol. The second-order valence-corrected chi connectivity index (χ2v) is 6.23. The van der Waals surface area contributed by atoms with E-state index in [4.69, 9.17) is 9.63 Å². The molecule has 0 unspecified atom stereocenters. The number of hydrogen-bond donors (Lipinski definition) is 1. The van der Waals surface area contributed by atoms with Crippen LogP contribution in [0.1, 0.15) is 27.6 Å². The topological polar surface area (TPSA) is 110 Å². The third-order valence-corrected chi connectivity index (χ3v) is 4.41. The molecule has 1 aromatic heterocycles. The van der Waals surface area contributed by atoms with Crippen molar-refractivity contribution >= 4 is 15.8 Å². The molecular formula is C12H12N2O5S. The Labute approximate surface area is 115 Å². The predicted octanol–water partition coefficient (Wildman–Crippen LogP) is 1.36. The lowest BCUT2D eigenvalue weighted by Gasteiger charge is -2.07. The van der Waals surface area contributed by atoms with E-state index in [-0.39, 0.29) is 22.2 Å². The molecule has 1 heterocycles. The Bertz CT molecular complexity index is 764. The van der Waals surface area contributed by atoms with Gasteiger partial charge in [-0.2, -0.15) is 4.98 Å². The molecule has 2 rings (SSSR count). The Morgan fingerprint density at radius 3 is 2.60 bits per heavy atom. The molecule has 0 aliphatic rings. The molecule has 0 aliphatic carbocycles. The van der Waals surface area contributed by atoms with E-state index in [0.29, 0.717) is 5.56 Å². The predicted molar refractivity (Wildman–Crippen MR) is 68.1 cm³/mol. The van der Waals surface area contributed by atoms with Gasteiger partial charge in [-0.3, -0.25) is 0 Å². The van der Waals surface area contributed by atoms with Crippen LogP contribution in [0.5, 0.6) is 0 Å². The zero-order valence-electron chi connectivity index (χ0n) is 10.8. The quantitative estimate of drug-likeness (QED) is 0.906. The van der Waals surface area contributed by atoms with E-state index >= 15 is 0 Å². The van der Waals surface area contributed by atoms with Crippen LogP contribution in [0.15, 0.2) is 27.6 Å². The van der Waals surface area contributed by atoms with Crippen LogP contribution < -0.4 is 0 Å². The van der Waals surface area contributed by atoms with Gasteiger partial charge in [0.1, 0.15) is 5.75 Å². The maximum Gasteiger partial charge on any atom is 0.335 e. The number of aromatic nitrogens is 2. The van der Waals surface area contributed by atoms with Crippen LogP contribution in [0.4, 0.5) is 0 Å². The smallest absolute Gasteiger partial charge is 0.335 e. The Kier molecular flexibility index (Phi) is 3.58. The molecule has 0 fully saturated rings. The zero-order chi connectivity index (χ0) is 14.9. The van der Waals surface area contributed by atoms with E-state index in [1.165, 1.54) is 12.1 Å². The number of carbonyl (C=O) groups is 1. The minimum atomic E-state index is -3.74. The first-order valence-corrected chi connectivity index (χ1v) is 7.31. The molecule has 20 heavy (non-hydrogen) atoms. The number of benzene rings is 1. The Morgan fingerprint density at radius 1 is 1.35 bits per heavy atom. The van der Waals surface area contributed by atoms with Gasteiger partial charge >= 0.3 is 5.97 Å². The second kappa shape index (κ2) is 5.04. The average Bonchev–Trinajstić information content (AvgIpc) is 2.73. The summed E-state index contributed by atoms with van der Waals surface area (Å²) >= 11 is 0. The van der Waals surface area contributed by atoms with Gasteiger partial charge in [-0.15, -0.1) is 0 Å². The van der Waals surface area contributed by atoms with Crippen LogP contribution >= 0.6 is 0 Å². The number of rotatable bonds is 4. The summed E-state index contributed by atoms with van der Waals surface area (Å²) in [5, 5.41) is 12.5. The molecule has 2 aromatic rings. The van der Waals surface area contributed by atoms with Crippen LogP contribution in [0.3, 0.4) is 0 Å². The van der Waals surface area contributed by atoms with Crippen molar-refractivity contribution < 1.29 is 22.8 Å². The molecule has 0 amide bonds. The van der Waals surface area contributed by atoms with E-state index in [2.05, 4.69) is 10.1 Å². The van der Waals surface area contributed by atoms with Gasteiger partial charge in [-0.25, -0.2) is 13.2 Å². The summed E-state index contributed by atoms with van der Waals surface area (Å²) in [6.07, 6.45) is 0. The molecule has 0 atom stereocenters.